The maximum Gasteiger partial charge on any atom is 0.282 e. The van der Waals surface area contributed by atoms with Crippen LogP contribution in [0.25, 0.3) is 0 Å². The third-order valence-electron chi connectivity index (χ3n) is 2.96. The lowest BCUT2D eigenvalue weighted by Gasteiger charge is -2.07. The largest absolute Gasteiger partial charge is 0.355 e. The fourth-order valence-electron chi connectivity index (χ4n) is 1.88. The van der Waals surface area contributed by atoms with E-state index in [1.807, 2.05) is 0 Å². The molecule has 112 valence electrons. The Hall–Kier alpha value is -3.22. The molecule has 2 N–H and O–H groups in total. The van der Waals surface area contributed by atoms with Crippen LogP contribution in [0.3, 0.4) is 0 Å². The first-order valence-electron chi connectivity index (χ1n) is 6.40. The molecular weight excluding hydrogens is 286 g/mol. The fourth-order valence-corrected chi connectivity index (χ4v) is 1.88. The number of nitro benzene ring substituents is 1. The van der Waals surface area contributed by atoms with E-state index in [9.17, 15) is 19.7 Å². The zero-order chi connectivity index (χ0) is 16.1. The van der Waals surface area contributed by atoms with E-state index >= 15 is 0 Å². The van der Waals surface area contributed by atoms with Crippen LogP contribution in [0.2, 0.25) is 0 Å². The number of hydrogen-bond acceptors (Lipinski definition) is 4. The van der Waals surface area contributed by atoms with Crippen LogP contribution >= 0.6 is 0 Å². The highest BCUT2D eigenvalue weighted by atomic mass is 16.6. The number of nitrogens with one attached hydrogen (secondary N) is 2. The molecule has 0 bridgehead atoms. The molecule has 0 spiro atoms. The van der Waals surface area contributed by atoms with Crippen LogP contribution in [-0.4, -0.2) is 23.8 Å². The summed E-state index contributed by atoms with van der Waals surface area (Å²) in [5.74, 6) is -1.08. The van der Waals surface area contributed by atoms with Crippen LogP contribution in [-0.2, 0) is 0 Å². The Bertz CT molecular complexity index is 729. The third kappa shape index (κ3) is 3.26. The Morgan fingerprint density at radius 3 is 2.32 bits per heavy atom. The smallest absolute Gasteiger partial charge is 0.282 e. The van der Waals surface area contributed by atoms with E-state index in [0.29, 0.717) is 5.69 Å². The van der Waals surface area contributed by atoms with Gasteiger partial charge in [-0.1, -0.05) is 18.2 Å². The predicted octanol–water partition coefficient (Wildman–Crippen LogP) is 2.21. The van der Waals surface area contributed by atoms with Crippen molar-refractivity contribution in [2.75, 3.05) is 12.4 Å². The summed E-state index contributed by atoms with van der Waals surface area (Å²) in [6.45, 7) is 0. The molecule has 0 aliphatic rings. The number of benzene rings is 2. The molecule has 0 aliphatic carbocycles. The van der Waals surface area contributed by atoms with Crippen LogP contribution in [0.4, 0.5) is 11.4 Å². The second-order valence-corrected chi connectivity index (χ2v) is 4.39. The minimum atomic E-state index is -0.659. The summed E-state index contributed by atoms with van der Waals surface area (Å²) in [4.78, 5) is 34.3. The van der Waals surface area contributed by atoms with E-state index in [-0.39, 0.29) is 16.8 Å². The summed E-state index contributed by atoms with van der Waals surface area (Å²) in [7, 11) is 1.44. The van der Waals surface area contributed by atoms with Gasteiger partial charge >= 0.3 is 0 Å². The van der Waals surface area contributed by atoms with Crippen molar-refractivity contribution in [2.24, 2.45) is 0 Å². The Kier molecular flexibility index (Phi) is 4.47. The summed E-state index contributed by atoms with van der Waals surface area (Å²) in [6, 6.07) is 12.2. The summed E-state index contributed by atoms with van der Waals surface area (Å²) in [5.41, 5.74) is 0.148. The standard InChI is InChI=1S/C15H13N3O4/c1-16-14(19)10-7-8-13(18(21)22)12(9-10)15(20)17-11-5-3-2-4-6-11/h2-9H,1H3,(H,16,19)(H,17,20). The molecular formula is C15H13N3O4. The Morgan fingerprint density at radius 1 is 1.05 bits per heavy atom. The van der Waals surface area contributed by atoms with Gasteiger partial charge in [-0.2, -0.15) is 0 Å². The minimum absolute atomic E-state index is 0.171. The van der Waals surface area contributed by atoms with Gasteiger partial charge in [-0.15, -0.1) is 0 Å². The zero-order valence-corrected chi connectivity index (χ0v) is 11.7. The fraction of sp³-hybridized carbons (Fsp3) is 0.0667. The van der Waals surface area contributed by atoms with Crippen molar-refractivity contribution in [1.29, 1.82) is 0 Å². The highest BCUT2D eigenvalue weighted by Crippen LogP contribution is 2.21. The van der Waals surface area contributed by atoms with E-state index in [2.05, 4.69) is 10.6 Å². The molecule has 0 saturated heterocycles. The van der Waals surface area contributed by atoms with E-state index in [1.165, 1.54) is 19.2 Å². The molecule has 2 aromatic carbocycles. The predicted molar refractivity (Wildman–Crippen MR) is 80.9 cm³/mol. The first-order chi connectivity index (χ1) is 10.5. The van der Waals surface area contributed by atoms with Crippen LogP contribution in [0, 0.1) is 10.1 Å². The van der Waals surface area contributed by atoms with E-state index < -0.39 is 16.7 Å². The molecule has 2 rings (SSSR count). The van der Waals surface area contributed by atoms with Crippen molar-refractivity contribution in [3.8, 4) is 0 Å². The topological polar surface area (TPSA) is 101 Å². The van der Waals surface area contributed by atoms with Crippen LogP contribution in [0.1, 0.15) is 20.7 Å². The Labute approximate surface area is 126 Å². The number of rotatable bonds is 4. The van der Waals surface area contributed by atoms with Crippen molar-refractivity contribution in [2.45, 2.75) is 0 Å². The second kappa shape index (κ2) is 6.49. The molecule has 7 heteroatoms. The van der Waals surface area contributed by atoms with E-state index in [0.717, 1.165) is 6.07 Å². The monoisotopic (exact) mass is 299 g/mol. The SMILES string of the molecule is CNC(=O)c1ccc([N+](=O)[O-])c(C(=O)Nc2ccccc2)c1. The second-order valence-electron chi connectivity index (χ2n) is 4.39. The van der Waals surface area contributed by atoms with Gasteiger partial charge < -0.3 is 10.6 Å². The molecule has 2 aromatic rings. The molecule has 0 aliphatic heterocycles. The van der Waals surface area contributed by atoms with Gasteiger partial charge in [-0.05, 0) is 24.3 Å². The summed E-state index contributed by atoms with van der Waals surface area (Å²) in [5, 5.41) is 16.0. The number of nitro groups is 1. The highest BCUT2D eigenvalue weighted by Gasteiger charge is 2.22. The number of hydrogen-bond donors (Lipinski definition) is 2. The molecule has 2 amide bonds. The molecule has 0 saturated carbocycles. The first kappa shape index (κ1) is 15.2. The Balaban J connectivity index is 2.40. The Morgan fingerprint density at radius 2 is 1.73 bits per heavy atom. The van der Waals surface area contributed by atoms with Gasteiger partial charge in [-0.3, -0.25) is 19.7 Å². The molecule has 0 fully saturated rings. The average molecular weight is 299 g/mol. The van der Waals surface area contributed by atoms with Crippen molar-refractivity contribution in [3.05, 3.63) is 69.8 Å². The van der Waals surface area contributed by atoms with Crippen molar-refractivity contribution in [3.63, 3.8) is 0 Å². The van der Waals surface area contributed by atoms with Crippen LogP contribution < -0.4 is 10.6 Å². The van der Waals surface area contributed by atoms with Crippen molar-refractivity contribution < 1.29 is 14.5 Å². The highest BCUT2D eigenvalue weighted by molar-refractivity contribution is 6.08. The lowest BCUT2D eigenvalue weighted by Crippen LogP contribution is -2.20. The van der Waals surface area contributed by atoms with Gasteiger partial charge in [0, 0.05) is 24.4 Å². The lowest BCUT2D eigenvalue weighted by molar-refractivity contribution is -0.385. The lowest BCUT2D eigenvalue weighted by atomic mass is 10.1. The normalized spacial score (nSPS) is 9.86. The zero-order valence-electron chi connectivity index (χ0n) is 11.7. The molecule has 22 heavy (non-hydrogen) atoms. The third-order valence-corrected chi connectivity index (χ3v) is 2.96. The number of nitrogens with zero attached hydrogens (tertiary/aromatic N) is 1. The average Bonchev–Trinajstić information content (AvgIpc) is 2.54. The van der Waals surface area contributed by atoms with Gasteiger partial charge in [0.25, 0.3) is 17.5 Å². The molecule has 0 heterocycles. The van der Waals surface area contributed by atoms with Gasteiger partial charge in [0.1, 0.15) is 5.56 Å². The number of para-hydroxylation sites is 1. The molecule has 0 aromatic heterocycles. The molecule has 0 unspecified atom stereocenters. The molecule has 7 nitrogen and oxygen atoms in total. The van der Waals surface area contributed by atoms with Crippen LogP contribution in [0.5, 0.6) is 0 Å². The first-order valence-corrected chi connectivity index (χ1v) is 6.40. The van der Waals surface area contributed by atoms with Crippen molar-refractivity contribution >= 4 is 23.2 Å². The summed E-state index contributed by atoms with van der Waals surface area (Å²) in [6.07, 6.45) is 0. The van der Waals surface area contributed by atoms with E-state index in [1.54, 1.807) is 30.3 Å². The number of carbonyl (C=O) groups is 2. The molecule has 0 atom stereocenters. The number of anilines is 1. The molecule has 0 radical (unpaired) electrons. The van der Waals surface area contributed by atoms with Crippen molar-refractivity contribution in [1.82, 2.24) is 5.32 Å². The maximum atomic E-state index is 12.3. The quantitative estimate of drug-likeness (QED) is 0.667. The van der Waals surface area contributed by atoms with Gasteiger partial charge in [0.15, 0.2) is 0 Å². The van der Waals surface area contributed by atoms with Gasteiger partial charge in [0.05, 0.1) is 4.92 Å². The van der Waals surface area contributed by atoms with Gasteiger partial charge in [-0.25, -0.2) is 0 Å². The minimum Gasteiger partial charge on any atom is -0.355 e. The van der Waals surface area contributed by atoms with E-state index in [4.69, 9.17) is 0 Å². The summed E-state index contributed by atoms with van der Waals surface area (Å²) < 4.78 is 0. The maximum absolute atomic E-state index is 12.3. The number of carbonyl (C=O) groups excluding carboxylic acids is 2. The van der Waals surface area contributed by atoms with Gasteiger partial charge in [0.2, 0.25) is 0 Å². The van der Waals surface area contributed by atoms with Crippen LogP contribution in [0.15, 0.2) is 48.5 Å². The summed E-state index contributed by atoms with van der Waals surface area (Å²) >= 11 is 0. The number of amides is 2.